The van der Waals surface area contributed by atoms with E-state index < -0.39 is 0 Å². The molecule has 0 saturated carbocycles. The summed E-state index contributed by atoms with van der Waals surface area (Å²) in [6.07, 6.45) is -0.281. The van der Waals surface area contributed by atoms with Crippen LogP contribution in [0.2, 0.25) is 0 Å². The number of carbonyl (C=O) groups excluding carboxylic acids is 1. The van der Waals surface area contributed by atoms with Gasteiger partial charge in [-0.25, -0.2) is 0 Å². The van der Waals surface area contributed by atoms with Gasteiger partial charge in [0, 0.05) is 4.88 Å². The maximum absolute atomic E-state index is 12.4. The lowest BCUT2D eigenvalue weighted by molar-refractivity contribution is 0.0935. The number of nitrogens with one attached hydrogen (secondary N) is 2. The molecular formula is C17H20N2O3S. The second-order valence-electron chi connectivity index (χ2n) is 5.38. The molecule has 1 aliphatic heterocycles. The van der Waals surface area contributed by atoms with Gasteiger partial charge in [-0.2, -0.15) is 0 Å². The smallest absolute Gasteiger partial charge is 0.256 e. The molecular weight excluding hydrogens is 312 g/mol. The van der Waals surface area contributed by atoms with Gasteiger partial charge in [0.25, 0.3) is 5.91 Å². The van der Waals surface area contributed by atoms with Crippen molar-refractivity contribution in [2.45, 2.75) is 26.9 Å². The summed E-state index contributed by atoms with van der Waals surface area (Å²) in [5.74, 6) is 1.31. The van der Waals surface area contributed by atoms with E-state index in [9.17, 15) is 4.79 Å². The van der Waals surface area contributed by atoms with E-state index in [2.05, 4.69) is 10.6 Å². The van der Waals surface area contributed by atoms with Gasteiger partial charge in [0.1, 0.15) is 11.2 Å². The molecule has 1 aromatic heterocycles. The summed E-state index contributed by atoms with van der Waals surface area (Å²) in [6, 6.07) is 5.69. The molecule has 1 unspecified atom stereocenters. The fourth-order valence-electron chi connectivity index (χ4n) is 2.68. The highest BCUT2D eigenvalue weighted by Gasteiger charge is 2.29. The van der Waals surface area contributed by atoms with Crippen LogP contribution in [0.4, 0.5) is 5.00 Å². The van der Waals surface area contributed by atoms with Crippen molar-refractivity contribution in [2.75, 3.05) is 19.0 Å². The molecule has 6 heteroatoms. The topological polar surface area (TPSA) is 59.6 Å². The maximum Gasteiger partial charge on any atom is 0.256 e. The summed E-state index contributed by atoms with van der Waals surface area (Å²) in [5.41, 5.74) is 2.72. The van der Waals surface area contributed by atoms with E-state index in [0.717, 1.165) is 26.6 Å². The minimum atomic E-state index is -0.281. The molecule has 0 radical (unpaired) electrons. The van der Waals surface area contributed by atoms with E-state index in [1.54, 1.807) is 18.4 Å². The Labute approximate surface area is 139 Å². The van der Waals surface area contributed by atoms with E-state index in [1.807, 2.05) is 39.0 Å². The quantitative estimate of drug-likeness (QED) is 0.898. The van der Waals surface area contributed by atoms with Crippen LogP contribution in [0, 0.1) is 13.8 Å². The highest BCUT2D eigenvalue weighted by atomic mass is 32.1. The average Bonchev–Trinajstić information content (AvgIpc) is 2.83. The molecule has 2 heterocycles. The number of hydrogen-bond donors (Lipinski definition) is 2. The molecule has 0 aliphatic carbocycles. The SMILES string of the molecule is CCOc1ccc(C2NC(=O)c3c(sc(C)c3C)N2)cc1OC. The van der Waals surface area contributed by atoms with Crippen LogP contribution >= 0.6 is 11.3 Å². The summed E-state index contributed by atoms with van der Waals surface area (Å²) in [6.45, 7) is 6.51. The monoisotopic (exact) mass is 332 g/mol. The van der Waals surface area contributed by atoms with Crippen LogP contribution in [0.1, 0.15) is 39.5 Å². The number of carbonyl (C=O) groups is 1. The highest BCUT2D eigenvalue weighted by molar-refractivity contribution is 7.16. The van der Waals surface area contributed by atoms with Crippen LogP contribution in [0.15, 0.2) is 18.2 Å². The maximum atomic E-state index is 12.4. The molecule has 5 nitrogen and oxygen atoms in total. The highest BCUT2D eigenvalue weighted by Crippen LogP contribution is 2.38. The van der Waals surface area contributed by atoms with E-state index in [-0.39, 0.29) is 12.1 Å². The van der Waals surface area contributed by atoms with Gasteiger partial charge in [0.05, 0.1) is 19.3 Å². The van der Waals surface area contributed by atoms with Crippen molar-refractivity contribution in [3.63, 3.8) is 0 Å². The summed E-state index contributed by atoms with van der Waals surface area (Å²) in [5, 5.41) is 7.32. The number of fused-ring (bicyclic) bond motifs is 1. The van der Waals surface area contributed by atoms with Gasteiger partial charge in [-0.05, 0) is 44.0 Å². The fourth-order valence-corrected chi connectivity index (χ4v) is 3.76. The Bertz CT molecular complexity index is 755. The Morgan fingerprint density at radius 2 is 2.00 bits per heavy atom. The second kappa shape index (κ2) is 6.12. The normalized spacial score (nSPS) is 16.3. The predicted molar refractivity (Wildman–Crippen MR) is 91.8 cm³/mol. The standard InChI is InChI=1S/C17H20N2O3S/c1-5-22-12-7-6-11(8-13(12)21-4)15-18-16(20)14-9(2)10(3)23-17(14)19-15/h6-8,15,19H,5H2,1-4H3,(H,18,20). The zero-order valence-corrected chi connectivity index (χ0v) is 14.5. The zero-order chi connectivity index (χ0) is 16.6. The third-order valence-corrected chi connectivity index (χ3v) is 5.12. The van der Waals surface area contributed by atoms with Crippen LogP contribution < -0.4 is 20.1 Å². The van der Waals surface area contributed by atoms with Crippen LogP contribution in [0.5, 0.6) is 11.5 Å². The number of ether oxygens (including phenoxy) is 2. The largest absolute Gasteiger partial charge is 0.493 e. The lowest BCUT2D eigenvalue weighted by Gasteiger charge is -2.27. The Balaban J connectivity index is 1.93. The fraction of sp³-hybridized carbons (Fsp3) is 0.353. The van der Waals surface area contributed by atoms with Gasteiger partial charge in [-0.15, -0.1) is 11.3 Å². The summed E-state index contributed by atoms with van der Waals surface area (Å²) < 4.78 is 10.9. The minimum Gasteiger partial charge on any atom is -0.493 e. The zero-order valence-electron chi connectivity index (χ0n) is 13.6. The first-order chi connectivity index (χ1) is 11.0. The first kappa shape index (κ1) is 15.7. The summed E-state index contributed by atoms with van der Waals surface area (Å²) in [7, 11) is 1.61. The molecule has 1 atom stereocenters. The van der Waals surface area contributed by atoms with Gasteiger partial charge in [0.15, 0.2) is 11.5 Å². The van der Waals surface area contributed by atoms with Gasteiger partial charge in [0.2, 0.25) is 0 Å². The summed E-state index contributed by atoms with van der Waals surface area (Å²) in [4.78, 5) is 13.6. The third kappa shape index (κ3) is 2.74. The number of thiophene rings is 1. The van der Waals surface area contributed by atoms with Gasteiger partial charge in [-0.1, -0.05) is 6.07 Å². The van der Waals surface area contributed by atoms with Crippen molar-refractivity contribution in [3.05, 3.63) is 39.8 Å². The number of aryl methyl sites for hydroxylation is 1. The van der Waals surface area contributed by atoms with Crippen LogP contribution in [-0.2, 0) is 0 Å². The molecule has 1 amide bonds. The van der Waals surface area contributed by atoms with E-state index in [1.165, 1.54) is 0 Å². The number of amides is 1. The van der Waals surface area contributed by atoms with Crippen molar-refractivity contribution in [3.8, 4) is 11.5 Å². The molecule has 0 bridgehead atoms. The van der Waals surface area contributed by atoms with E-state index >= 15 is 0 Å². The minimum absolute atomic E-state index is 0.0431. The Morgan fingerprint density at radius 3 is 2.70 bits per heavy atom. The third-order valence-electron chi connectivity index (χ3n) is 3.98. The molecule has 0 spiro atoms. The van der Waals surface area contributed by atoms with Crippen molar-refractivity contribution in [1.82, 2.24) is 5.32 Å². The lowest BCUT2D eigenvalue weighted by Crippen LogP contribution is -2.38. The van der Waals surface area contributed by atoms with E-state index in [0.29, 0.717) is 18.1 Å². The predicted octanol–water partition coefficient (Wildman–Crippen LogP) is 3.63. The Kier molecular flexibility index (Phi) is 4.17. The molecule has 1 aromatic carbocycles. The number of hydrogen-bond acceptors (Lipinski definition) is 5. The van der Waals surface area contributed by atoms with Crippen LogP contribution in [0.3, 0.4) is 0 Å². The average molecular weight is 332 g/mol. The van der Waals surface area contributed by atoms with E-state index in [4.69, 9.17) is 9.47 Å². The van der Waals surface area contributed by atoms with Gasteiger partial charge in [-0.3, -0.25) is 4.79 Å². The molecule has 122 valence electrons. The number of benzene rings is 1. The first-order valence-electron chi connectivity index (χ1n) is 7.53. The van der Waals surface area contributed by atoms with Crippen molar-refractivity contribution in [1.29, 1.82) is 0 Å². The lowest BCUT2D eigenvalue weighted by atomic mass is 10.1. The Hall–Kier alpha value is -2.21. The van der Waals surface area contributed by atoms with Crippen molar-refractivity contribution < 1.29 is 14.3 Å². The second-order valence-corrected chi connectivity index (χ2v) is 6.61. The van der Waals surface area contributed by atoms with Gasteiger partial charge >= 0.3 is 0 Å². The van der Waals surface area contributed by atoms with Crippen molar-refractivity contribution >= 4 is 22.2 Å². The molecule has 1 aliphatic rings. The van der Waals surface area contributed by atoms with Gasteiger partial charge < -0.3 is 20.1 Å². The number of rotatable bonds is 4. The molecule has 23 heavy (non-hydrogen) atoms. The molecule has 0 fully saturated rings. The van der Waals surface area contributed by atoms with Crippen LogP contribution in [-0.4, -0.2) is 19.6 Å². The first-order valence-corrected chi connectivity index (χ1v) is 8.35. The van der Waals surface area contributed by atoms with Crippen LogP contribution in [0.25, 0.3) is 0 Å². The Morgan fingerprint density at radius 1 is 1.22 bits per heavy atom. The summed E-state index contributed by atoms with van der Waals surface area (Å²) >= 11 is 1.61. The van der Waals surface area contributed by atoms with Crippen molar-refractivity contribution in [2.24, 2.45) is 0 Å². The number of methoxy groups -OCH3 is 1. The number of anilines is 1. The molecule has 3 rings (SSSR count). The molecule has 2 N–H and O–H groups in total. The molecule has 2 aromatic rings. The molecule has 0 saturated heterocycles.